The molecule has 2 aliphatic rings. The van der Waals surface area contributed by atoms with E-state index in [0.29, 0.717) is 67.8 Å². The van der Waals surface area contributed by atoms with Crippen molar-refractivity contribution in [3.63, 3.8) is 0 Å². The van der Waals surface area contributed by atoms with Gasteiger partial charge in [0.15, 0.2) is 0 Å². The maximum absolute atomic E-state index is 13.1. The fraction of sp³-hybridized carbons (Fsp3) is 0.458. The second kappa shape index (κ2) is 10.0. The van der Waals surface area contributed by atoms with Crippen molar-refractivity contribution in [2.24, 2.45) is 5.92 Å². The number of amides is 1. The first kappa shape index (κ1) is 24.0. The van der Waals surface area contributed by atoms with E-state index in [1.807, 2.05) is 44.2 Å². The normalized spacial score (nSPS) is 18.3. The van der Waals surface area contributed by atoms with Crippen LogP contribution in [-0.2, 0) is 19.6 Å². The van der Waals surface area contributed by atoms with Crippen molar-refractivity contribution in [3.8, 4) is 0 Å². The van der Waals surface area contributed by atoms with Crippen molar-refractivity contribution < 1.29 is 17.9 Å². The zero-order valence-corrected chi connectivity index (χ0v) is 20.6. The molecule has 2 fully saturated rings. The lowest BCUT2D eigenvalue weighted by Gasteiger charge is -2.33. The van der Waals surface area contributed by atoms with Gasteiger partial charge in [-0.05, 0) is 50.5 Å². The van der Waals surface area contributed by atoms with Crippen LogP contribution in [0.4, 0.5) is 11.4 Å². The molecule has 0 aliphatic carbocycles. The van der Waals surface area contributed by atoms with E-state index in [-0.39, 0.29) is 11.8 Å². The molecule has 33 heavy (non-hydrogen) atoms. The number of piperidine rings is 1. The van der Waals surface area contributed by atoms with Gasteiger partial charge in [-0.25, -0.2) is 8.42 Å². The third kappa shape index (κ3) is 5.19. The quantitative estimate of drug-likeness (QED) is 0.687. The standard InChI is InChI=1S/C24H30ClN3O4S/c1-17-6-7-22(18(2)16-17)33(30,31)28-10-8-19(9-11-28)24(29)26-21-5-3-4-20(25)23(21)27-12-14-32-15-13-27/h3-7,16,19H,8-15H2,1-2H3,(H,26,29). The molecule has 0 atom stereocenters. The molecule has 178 valence electrons. The average Bonchev–Trinajstić information content (AvgIpc) is 2.79. The molecule has 7 nitrogen and oxygen atoms in total. The minimum Gasteiger partial charge on any atom is -0.378 e. The van der Waals surface area contributed by atoms with E-state index in [2.05, 4.69) is 10.2 Å². The Bertz CT molecular complexity index is 1120. The summed E-state index contributed by atoms with van der Waals surface area (Å²) >= 11 is 6.47. The Morgan fingerprint density at radius 3 is 2.42 bits per heavy atom. The van der Waals surface area contributed by atoms with E-state index in [1.54, 1.807) is 6.07 Å². The summed E-state index contributed by atoms with van der Waals surface area (Å²) in [7, 11) is -3.58. The first-order valence-corrected chi connectivity index (χ1v) is 13.1. The fourth-order valence-electron chi connectivity index (χ4n) is 4.55. The van der Waals surface area contributed by atoms with Crippen molar-refractivity contribution in [2.45, 2.75) is 31.6 Å². The highest BCUT2D eigenvalue weighted by molar-refractivity contribution is 7.89. The summed E-state index contributed by atoms with van der Waals surface area (Å²) in [5.41, 5.74) is 3.26. The number of halogens is 1. The molecule has 0 spiro atoms. The number of carbonyl (C=O) groups excluding carboxylic acids is 1. The van der Waals surface area contributed by atoms with Gasteiger partial charge in [0.25, 0.3) is 0 Å². The number of hydrogen-bond acceptors (Lipinski definition) is 5. The van der Waals surface area contributed by atoms with Crippen LogP contribution in [0.1, 0.15) is 24.0 Å². The Morgan fingerprint density at radius 1 is 1.06 bits per heavy atom. The number of nitrogens with one attached hydrogen (secondary N) is 1. The van der Waals surface area contributed by atoms with Gasteiger partial charge in [0, 0.05) is 32.1 Å². The van der Waals surface area contributed by atoms with Gasteiger partial charge in [-0.1, -0.05) is 35.4 Å². The second-order valence-electron chi connectivity index (χ2n) is 8.67. The second-order valence-corrected chi connectivity index (χ2v) is 11.0. The predicted octanol–water partition coefficient (Wildman–Crippen LogP) is 3.83. The van der Waals surface area contributed by atoms with Crippen LogP contribution in [0.25, 0.3) is 0 Å². The van der Waals surface area contributed by atoms with E-state index in [9.17, 15) is 13.2 Å². The molecule has 4 rings (SSSR count). The molecule has 0 bridgehead atoms. The lowest BCUT2D eigenvalue weighted by Crippen LogP contribution is -2.42. The van der Waals surface area contributed by atoms with E-state index in [4.69, 9.17) is 16.3 Å². The number of nitrogens with zero attached hydrogens (tertiary/aromatic N) is 2. The van der Waals surface area contributed by atoms with Crippen LogP contribution >= 0.6 is 11.6 Å². The monoisotopic (exact) mass is 491 g/mol. The molecule has 2 aliphatic heterocycles. The van der Waals surface area contributed by atoms with Gasteiger partial charge >= 0.3 is 0 Å². The van der Waals surface area contributed by atoms with E-state index >= 15 is 0 Å². The molecule has 0 radical (unpaired) electrons. The number of morpholine rings is 1. The Morgan fingerprint density at radius 2 is 1.76 bits per heavy atom. The lowest BCUT2D eigenvalue weighted by molar-refractivity contribution is -0.120. The van der Waals surface area contributed by atoms with E-state index < -0.39 is 10.0 Å². The highest BCUT2D eigenvalue weighted by atomic mass is 35.5. The minimum atomic E-state index is -3.58. The summed E-state index contributed by atoms with van der Waals surface area (Å²) in [4.78, 5) is 15.5. The summed E-state index contributed by atoms with van der Waals surface area (Å²) in [6.07, 6.45) is 0.951. The average molecular weight is 492 g/mol. The van der Waals surface area contributed by atoms with Crippen LogP contribution in [0.5, 0.6) is 0 Å². The largest absolute Gasteiger partial charge is 0.378 e. The molecule has 2 aromatic carbocycles. The van der Waals surface area contributed by atoms with Gasteiger partial charge < -0.3 is 15.0 Å². The number of para-hydroxylation sites is 1. The Kier molecular flexibility index (Phi) is 7.28. The van der Waals surface area contributed by atoms with Gasteiger partial charge in [-0.3, -0.25) is 4.79 Å². The fourth-order valence-corrected chi connectivity index (χ4v) is 6.52. The van der Waals surface area contributed by atoms with Crippen molar-refractivity contribution in [2.75, 3.05) is 49.6 Å². The molecule has 0 saturated carbocycles. The first-order valence-electron chi connectivity index (χ1n) is 11.3. The lowest BCUT2D eigenvalue weighted by atomic mass is 9.97. The Balaban J connectivity index is 1.43. The Labute approximate surface area is 200 Å². The summed E-state index contributed by atoms with van der Waals surface area (Å²) < 4.78 is 33.2. The van der Waals surface area contributed by atoms with Gasteiger partial charge in [0.2, 0.25) is 15.9 Å². The van der Waals surface area contributed by atoms with E-state index in [1.165, 1.54) is 4.31 Å². The number of carbonyl (C=O) groups is 1. The van der Waals surface area contributed by atoms with Gasteiger partial charge in [-0.2, -0.15) is 4.31 Å². The molecule has 1 amide bonds. The number of hydrogen-bond donors (Lipinski definition) is 1. The zero-order valence-electron chi connectivity index (χ0n) is 19.0. The molecular formula is C24H30ClN3O4S. The molecule has 9 heteroatoms. The number of sulfonamides is 1. The third-order valence-corrected chi connectivity index (χ3v) is 8.71. The molecule has 0 unspecified atom stereocenters. The summed E-state index contributed by atoms with van der Waals surface area (Å²) in [6.45, 7) is 7.05. The van der Waals surface area contributed by atoms with Gasteiger partial charge in [-0.15, -0.1) is 0 Å². The van der Waals surface area contributed by atoms with Crippen LogP contribution in [0.2, 0.25) is 5.02 Å². The first-order chi connectivity index (χ1) is 15.8. The summed E-state index contributed by atoms with van der Waals surface area (Å²) in [5.74, 6) is -0.359. The molecule has 2 aromatic rings. The molecule has 0 aromatic heterocycles. The maximum Gasteiger partial charge on any atom is 0.243 e. The highest BCUT2D eigenvalue weighted by Crippen LogP contribution is 2.35. The number of rotatable bonds is 5. The van der Waals surface area contributed by atoms with Crippen molar-refractivity contribution >= 4 is 38.9 Å². The Hall–Kier alpha value is -2.13. The smallest absolute Gasteiger partial charge is 0.243 e. The van der Waals surface area contributed by atoms with Crippen LogP contribution in [0.15, 0.2) is 41.3 Å². The van der Waals surface area contributed by atoms with Crippen molar-refractivity contribution in [1.82, 2.24) is 4.31 Å². The number of benzene rings is 2. The third-order valence-electron chi connectivity index (χ3n) is 6.34. The minimum absolute atomic E-state index is 0.102. The van der Waals surface area contributed by atoms with Crippen LogP contribution in [0, 0.1) is 19.8 Å². The predicted molar refractivity (Wildman–Crippen MR) is 131 cm³/mol. The zero-order chi connectivity index (χ0) is 23.6. The maximum atomic E-state index is 13.1. The van der Waals surface area contributed by atoms with Gasteiger partial charge in [0.05, 0.1) is 34.5 Å². The van der Waals surface area contributed by atoms with Crippen LogP contribution in [-0.4, -0.2) is 58.0 Å². The van der Waals surface area contributed by atoms with Crippen molar-refractivity contribution in [1.29, 1.82) is 0 Å². The molecule has 1 N–H and O–H groups in total. The van der Waals surface area contributed by atoms with E-state index in [0.717, 1.165) is 16.8 Å². The van der Waals surface area contributed by atoms with Gasteiger partial charge in [0.1, 0.15) is 0 Å². The number of aryl methyl sites for hydroxylation is 2. The summed E-state index contributed by atoms with van der Waals surface area (Å²) in [5, 5.41) is 3.63. The van der Waals surface area contributed by atoms with Crippen LogP contribution < -0.4 is 10.2 Å². The molecule has 2 saturated heterocycles. The highest BCUT2D eigenvalue weighted by Gasteiger charge is 2.33. The van der Waals surface area contributed by atoms with Crippen molar-refractivity contribution in [3.05, 3.63) is 52.5 Å². The number of ether oxygens (including phenoxy) is 1. The molecule has 2 heterocycles. The van der Waals surface area contributed by atoms with Crippen LogP contribution in [0.3, 0.4) is 0 Å². The molecular weight excluding hydrogens is 462 g/mol. The topological polar surface area (TPSA) is 79.0 Å². The summed E-state index contributed by atoms with van der Waals surface area (Å²) in [6, 6.07) is 10.9. The SMILES string of the molecule is Cc1ccc(S(=O)(=O)N2CCC(C(=O)Nc3cccc(Cl)c3N3CCOCC3)CC2)c(C)c1. The number of anilines is 2.